The Bertz CT molecular complexity index is 718. The summed E-state index contributed by atoms with van der Waals surface area (Å²) in [7, 11) is 0. The van der Waals surface area contributed by atoms with Crippen molar-refractivity contribution in [1.29, 1.82) is 0 Å². The second-order valence-electron chi connectivity index (χ2n) is 4.58. The van der Waals surface area contributed by atoms with Crippen LogP contribution in [-0.4, -0.2) is 4.98 Å². The number of rotatable bonds is 3. The predicted octanol–water partition coefficient (Wildman–Crippen LogP) is 4.82. The zero-order valence-corrected chi connectivity index (χ0v) is 12.2. The van der Waals surface area contributed by atoms with Crippen LogP contribution in [0.1, 0.15) is 11.3 Å². The van der Waals surface area contributed by atoms with Gasteiger partial charge in [-0.1, -0.05) is 34.1 Å². The van der Waals surface area contributed by atoms with E-state index in [-0.39, 0.29) is 0 Å². The molecule has 0 unspecified atom stereocenters. The Kier molecular flexibility index (Phi) is 3.30. The summed E-state index contributed by atoms with van der Waals surface area (Å²) < 4.78 is 6.81. The maximum Gasteiger partial charge on any atom is 0.128 e. The minimum atomic E-state index is 0.546. The normalized spacial score (nSPS) is 10.8. The van der Waals surface area contributed by atoms with E-state index in [0.29, 0.717) is 6.61 Å². The lowest BCUT2D eigenvalue weighted by Crippen LogP contribution is -1.95. The lowest BCUT2D eigenvalue weighted by molar-refractivity contribution is 0.302. The average molecular weight is 316 g/mol. The summed E-state index contributed by atoms with van der Waals surface area (Å²) in [6, 6.07) is 16.3. The van der Waals surface area contributed by atoms with Gasteiger partial charge in [0, 0.05) is 15.4 Å². The molecule has 0 fully saturated rings. The minimum Gasteiger partial charge on any atom is -0.487 e. The van der Waals surface area contributed by atoms with Crippen molar-refractivity contribution in [3.05, 3.63) is 64.3 Å². The quantitative estimate of drug-likeness (QED) is 0.736. The fourth-order valence-corrected chi connectivity index (χ4v) is 2.54. The summed E-state index contributed by atoms with van der Waals surface area (Å²) in [5, 5.41) is 1.26. The molecule has 96 valence electrons. The largest absolute Gasteiger partial charge is 0.487 e. The summed E-state index contributed by atoms with van der Waals surface area (Å²) in [5.74, 6) is 0.866. The first-order chi connectivity index (χ1) is 9.22. The van der Waals surface area contributed by atoms with Crippen LogP contribution in [-0.2, 0) is 6.61 Å². The topological polar surface area (TPSA) is 25.0 Å². The summed E-state index contributed by atoms with van der Waals surface area (Å²) >= 11 is 3.44. The third-order valence-electron chi connectivity index (χ3n) is 3.13. The number of aromatic amines is 1. The Balaban J connectivity index is 1.80. The summed E-state index contributed by atoms with van der Waals surface area (Å²) in [5.41, 5.74) is 3.53. The van der Waals surface area contributed by atoms with Crippen molar-refractivity contribution in [3.63, 3.8) is 0 Å². The molecule has 0 atom stereocenters. The van der Waals surface area contributed by atoms with Crippen molar-refractivity contribution < 1.29 is 4.74 Å². The van der Waals surface area contributed by atoms with Crippen LogP contribution >= 0.6 is 15.9 Å². The number of H-pyrrole nitrogens is 1. The van der Waals surface area contributed by atoms with Crippen LogP contribution in [0.4, 0.5) is 0 Å². The Morgan fingerprint density at radius 3 is 2.74 bits per heavy atom. The van der Waals surface area contributed by atoms with E-state index in [1.54, 1.807) is 0 Å². The molecule has 3 rings (SSSR count). The molecule has 19 heavy (non-hydrogen) atoms. The van der Waals surface area contributed by atoms with Gasteiger partial charge in [-0.2, -0.15) is 0 Å². The number of benzene rings is 2. The van der Waals surface area contributed by atoms with E-state index >= 15 is 0 Å². The molecular weight excluding hydrogens is 302 g/mol. The molecule has 2 aromatic carbocycles. The van der Waals surface area contributed by atoms with Crippen LogP contribution in [0.25, 0.3) is 10.9 Å². The molecule has 0 spiro atoms. The van der Waals surface area contributed by atoms with Gasteiger partial charge < -0.3 is 9.72 Å². The Morgan fingerprint density at radius 2 is 1.95 bits per heavy atom. The maximum absolute atomic E-state index is 5.78. The third-order valence-corrected chi connectivity index (χ3v) is 3.62. The van der Waals surface area contributed by atoms with E-state index in [4.69, 9.17) is 4.74 Å². The average Bonchev–Trinajstić information content (AvgIpc) is 2.81. The highest BCUT2D eigenvalue weighted by Crippen LogP contribution is 2.22. The second-order valence-corrected chi connectivity index (χ2v) is 5.49. The molecule has 3 aromatic rings. The maximum atomic E-state index is 5.78. The van der Waals surface area contributed by atoms with E-state index in [9.17, 15) is 0 Å². The van der Waals surface area contributed by atoms with Gasteiger partial charge in [0.05, 0.1) is 5.69 Å². The van der Waals surface area contributed by atoms with Gasteiger partial charge in [0.15, 0.2) is 0 Å². The van der Waals surface area contributed by atoms with Crippen molar-refractivity contribution in [1.82, 2.24) is 4.98 Å². The van der Waals surface area contributed by atoms with Crippen molar-refractivity contribution in [2.45, 2.75) is 13.5 Å². The number of aromatic nitrogens is 1. The molecule has 1 aromatic heterocycles. The molecule has 0 bridgehead atoms. The van der Waals surface area contributed by atoms with E-state index in [0.717, 1.165) is 21.4 Å². The molecular formula is C16H14BrNO. The highest BCUT2D eigenvalue weighted by molar-refractivity contribution is 9.10. The summed E-state index contributed by atoms with van der Waals surface area (Å²) in [6.45, 7) is 2.67. The van der Waals surface area contributed by atoms with Crippen molar-refractivity contribution in [2.75, 3.05) is 0 Å². The van der Waals surface area contributed by atoms with Crippen molar-refractivity contribution in [3.8, 4) is 5.75 Å². The monoisotopic (exact) mass is 315 g/mol. The minimum absolute atomic E-state index is 0.546. The van der Waals surface area contributed by atoms with Gasteiger partial charge in [-0.25, -0.2) is 0 Å². The number of fused-ring (bicyclic) bond motifs is 1. The Labute approximate surface area is 120 Å². The zero-order valence-electron chi connectivity index (χ0n) is 10.6. The SMILES string of the molecule is Cc1cccc2[nH]c(COc3cccc(Br)c3)cc12. The first-order valence-corrected chi connectivity index (χ1v) is 6.97. The van der Waals surface area contributed by atoms with Gasteiger partial charge in [0.2, 0.25) is 0 Å². The lowest BCUT2D eigenvalue weighted by Gasteiger charge is -2.04. The number of ether oxygens (including phenoxy) is 1. The summed E-state index contributed by atoms with van der Waals surface area (Å²) in [4.78, 5) is 3.38. The molecule has 0 aliphatic heterocycles. The molecule has 1 N–H and O–H groups in total. The molecule has 0 amide bonds. The second kappa shape index (κ2) is 5.10. The van der Waals surface area contributed by atoms with Gasteiger partial charge in [0.25, 0.3) is 0 Å². The number of halogens is 1. The van der Waals surface area contributed by atoms with E-state index in [1.165, 1.54) is 10.9 Å². The molecule has 1 heterocycles. The van der Waals surface area contributed by atoms with E-state index < -0.39 is 0 Å². The van der Waals surface area contributed by atoms with Crippen LogP contribution in [0.2, 0.25) is 0 Å². The first kappa shape index (κ1) is 12.3. The lowest BCUT2D eigenvalue weighted by atomic mass is 10.1. The van der Waals surface area contributed by atoms with Gasteiger partial charge in [-0.15, -0.1) is 0 Å². The number of nitrogens with one attached hydrogen (secondary N) is 1. The van der Waals surface area contributed by atoms with E-state index in [1.807, 2.05) is 24.3 Å². The molecule has 0 saturated carbocycles. The number of aryl methyl sites for hydroxylation is 1. The molecule has 0 saturated heterocycles. The Morgan fingerprint density at radius 1 is 1.11 bits per heavy atom. The molecule has 0 radical (unpaired) electrons. The fraction of sp³-hybridized carbons (Fsp3) is 0.125. The standard InChI is InChI=1S/C16H14BrNO/c1-11-4-2-7-16-15(11)9-13(18-16)10-19-14-6-3-5-12(17)8-14/h2-9,18H,10H2,1H3. The van der Waals surface area contributed by atoms with Crippen LogP contribution in [0.3, 0.4) is 0 Å². The van der Waals surface area contributed by atoms with Crippen LogP contribution in [0, 0.1) is 6.92 Å². The smallest absolute Gasteiger partial charge is 0.128 e. The summed E-state index contributed by atoms with van der Waals surface area (Å²) in [6.07, 6.45) is 0. The molecule has 3 heteroatoms. The highest BCUT2D eigenvalue weighted by atomic mass is 79.9. The first-order valence-electron chi connectivity index (χ1n) is 6.18. The number of hydrogen-bond donors (Lipinski definition) is 1. The van der Waals surface area contributed by atoms with Crippen molar-refractivity contribution in [2.24, 2.45) is 0 Å². The van der Waals surface area contributed by atoms with E-state index in [2.05, 4.69) is 52.1 Å². The highest BCUT2D eigenvalue weighted by Gasteiger charge is 2.03. The van der Waals surface area contributed by atoms with Crippen LogP contribution in [0.5, 0.6) is 5.75 Å². The predicted molar refractivity (Wildman–Crippen MR) is 81.5 cm³/mol. The molecule has 0 aliphatic rings. The van der Waals surface area contributed by atoms with Crippen molar-refractivity contribution >= 4 is 26.8 Å². The molecule has 2 nitrogen and oxygen atoms in total. The van der Waals surface area contributed by atoms with Gasteiger partial charge in [-0.3, -0.25) is 0 Å². The third kappa shape index (κ3) is 2.66. The van der Waals surface area contributed by atoms with Gasteiger partial charge in [0.1, 0.15) is 12.4 Å². The Hall–Kier alpha value is -1.74. The number of hydrogen-bond acceptors (Lipinski definition) is 1. The van der Waals surface area contributed by atoms with Gasteiger partial charge in [-0.05, 0) is 42.8 Å². The zero-order chi connectivity index (χ0) is 13.2. The van der Waals surface area contributed by atoms with Crippen LogP contribution in [0.15, 0.2) is 53.0 Å². The fourth-order valence-electron chi connectivity index (χ4n) is 2.16. The van der Waals surface area contributed by atoms with Gasteiger partial charge >= 0.3 is 0 Å². The molecule has 0 aliphatic carbocycles. The van der Waals surface area contributed by atoms with Crippen LogP contribution < -0.4 is 4.74 Å².